The minimum absolute atomic E-state index is 0.123. The number of ether oxygens (including phenoxy) is 1. The predicted octanol–water partition coefficient (Wildman–Crippen LogP) is 2.33. The third kappa shape index (κ3) is 6.98. The van der Waals surface area contributed by atoms with Gasteiger partial charge in [-0.25, -0.2) is 23.7 Å². The van der Waals surface area contributed by atoms with Crippen LogP contribution in [-0.2, 0) is 19.2 Å². The van der Waals surface area contributed by atoms with Gasteiger partial charge in [0.25, 0.3) is 0 Å². The molecule has 33 heavy (non-hydrogen) atoms. The SMILES string of the molecule is O=C(NC1=N[C@@H](CBr)[C@@H]2N=C(NS(=O)(=O)OCC(Cl)(Cl)Cl)N[C@@]23C=CCN13)OCC(Cl)(Cl)Cl. The average Bonchev–Trinajstić information content (AvgIpc) is 3.25. The van der Waals surface area contributed by atoms with Crippen molar-refractivity contribution in [2.24, 2.45) is 9.98 Å². The Morgan fingerprint density at radius 3 is 2.52 bits per heavy atom. The Balaban J connectivity index is 1.76. The Morgan fingerprint density at radius 2 is 1.91 bits per heavy atom. The minimum Gasteiger partial charge on any atom is -0.445 e. The van der Waals surface area contributed by atoms with Crippen molar-refractivity contribution in [3.63, 3.8) is 0 Å². The first-order valence-corrected chi connectivity index (χ1v) is 13.6. The minimum atomic E-state index is -4.37. The van der Waals surface area contributed by atoms with Gasteiger partial charge in [0, 0.05) is 11.9 Å². The third-order valence-corrected chi connectivity index (χ3v) is 6.58. The molecule has 1 amide bonds. The van der Waals surface area contributed by atoms with Gasteiger partial charge >= 0.3 is 16.4 Å². The molecule has 3 atom stereocenters. The molecule has 3 rings (SSSR count). The van der Waals surface area contributed by atoms with Gasteiger partial charge in [0.15, 0.2) is 5.66 Å². The fraction of sp³-hybridized carbons (Fsp3) is 0.643. The Bertz CT molecular complexity index is 986. The van der Waals surface area contributed by atoms with Crippen LogP contribution >= 0.6 is 85.5 Å². The molecule has 3 aliphatic rings. The van der Waals surface area contributed by atoms with Crippen molar-refractivity contribution < 1.29 is 22.1 Å². The molecule has 3 heterocycles. The van der Waals surface area contributed by atoms with E-state index in [1.54, 1.807) is 17.1 Å². The Labute approximate surface area is 227 Å². The molecule has 0 aromatic heterocycles. The Morgan fingerprint density at radius 1 is 1.24 bits per heavy atom. The molecule has 1 spiro atoms. The van der Waals surface area contributed by atoms with E-state index in [9.17, 15) is 13.2 Å². The number of hydrogen-bond donors (Lipinski definition) is 3. The van der Waals surface area contributed by atoms with E-state index in [2.05, 4.69) is 45.5 Å². The smallest absolute Gasteiger partial charge is 0.414 e. The highest BCUT2D eigenvalue weighted by Gasteiger charge is 2.56. The highest BCUT2D eigenvalue weighted by Crippen LogP contribution is 2.37. The maximum atomic E-state index is 12.2. The molecule has 3 aliphatic heterocycles. The lowest BCUT2D eigenvalue weighted by Gasteiger charge is -2.45. The van der Waals surface area contributed by atoms with E-state index >= 15 is 0 Å². The zero-order valence-corrected chi connectivity index (χ0v) is 23.0. The zero-order chi connectivity index (χ0) is 24.7. The summed E-state index contributed by atoms with van der Waals surface area (Å²) in [5.74, 6) is 0.0244. The summed E-state index contributed by atoms with van der Waals surface area (Å²) in [6.45, 7) is -0.869. The molecule has 0 fully saturated rings. The van der Waals surface area contributed by atoms with Gasteiger partial charge in [0.2, 0.25) is 19.5 Å². The van der Waals surface area contributed by atoms with E-state index < -0.39 is 54.9 Å². The maximum absolute atomic E-state index is 12.2. The van der Waals surface area contributed by atoms with Crippen molar-refractivity contribution >= 4 is 114 Å². The molecular weight excluding hydrogens is 657 g/mol. The predicted molar refractivity (Wildman–Crippen MR) is 131 cm³/mol. The van der Waals surface area contributed by atoms with Crippen LogP contribution < -0.4 is 15.4 Å². The lowest BCUT2D eigenvalue weighted by molar-refractivity contribution is 0.145. The van der Waals surface area contributed by atoms with Crippen LogP contribution in [0.2, 0.25) is 0 Å². The Hall–Kier alpha value is -0.120. The number of rotatable bonds is 5. The van der Waals surface area contributed by atoms with Gasteiger partial charge in [-0.3, -0.25) is 5.32 Å². The molecule has 0 saturated carbocycles. The van der Waals surface area contributed by atoms with Crippen LogP contribution in [0.1, 0.15) is 0 Å². The molecule has 0 unspecified atom stereocenters. The fourth-order valence-corrected chi connectivity index (χ4v) is 5.01. The van der Waals surface area contributed by atoms with Gasteiger partial charge in [-0.2, -0.15) is 8.42 Å². The number of nitrogens with zero attached hydrogens (tertiary/aromatic N) is 3. The van der Waals surface area contributed by atoms with Crippen molar-refractivity contribution in [1.82, 2.24) is 20.3 Å². The fourth-order valence-electron chi connectivity index (χ4n) is 3.26. The molecule has 0 saturated heterocycles. The second-order valence-corrected chi connectivity index (χ2v) is 13.8. The summed E-state index contributed by atoms with van der Waals surface area (Å²) in [6, 6.07) is -1.09. The molecule has 11 nitrogen and oxygen atoms in total. The molecule has 19 heteroatoms. The second kappa shape index (κ2) is 10.1. The van der Waals surface area contributed by atoms with Crippen molar-refractivity contribution in [3.05, 3.63) is 12.2 Å². The number of aliphatic imine (C=N–C) groups is 2. The molecular formula is C14H15BrCl6N6O5S. The van der Waals surface area contributed by atoms with E-state index in [0.29, 0.717) is 11.9 Å². The quantitative estimate of drug-likeness (QED) is 0.302. The standard InChI is InChI=1S/C14H15BrCl6N6O5S/c15-4-7-8-12(25-9(23-8)26-33(29,30)32-6-14(19,20)21)2-1-3-27(12)10(22-7)24-11(28)31-5-13(16,17)18/h1-2,7-8H,3-6H2,(H,22,24,28)(H2,23,25,26)/t7-,8-,12+/m0/s1. The molecule has 3 N–H and O–H groups in total. The van der Waals surface area contributed by atoms with Gasteiger partial charge < -0.3 is 15.0 Å². The number of carbonyl (C=O) groups excluding carboxylic acids is 1. The first kappa shape index (κ1) is 27.5. The second-order valence-electron chi connectivity index (χ2n) is 6.81. The van der Waals surface area contributed by atoms with Crippen LogP contribution in [0.5, 0.6) is 0 Å². The number of hydrogen-bond acceptors (Lipinski definition) is 9. The van der Waals surface area contributed by atoms with Crippen molar-refractivity contribution in [1.29, 1.82) is 0 Å². The highest BCUT2D eigenvalue weighted by atomic mass is 79.9. The van der Waals surface area contributed by atoms with Gasteiger partial charge in [-0.15, -0.1) is 0 Å². The van der Waals surface area contributed by atoms with E-state index in [-0.39, 0.29) is 11.9 Å². The molecule has 186 valence electrons. The largest absolute Gasteiger partial charge is 0.445 e. The van der Waals surface area contributed by atoms with E-state index in [1.807, 2.05) is 0 Å². The Kier molecular flexibility index (Phi) is 8.40. The zero-order valence-electron chi connectivity index (χ0n) is 16.1. The molecule has 0 aromatic carbocycles. The number of carbonyl (C=O) groups is 1. The van der Waals surface area contributed by atoms with Crippen molar-refractivity contribution in [2.75, 3.05) is 25.1 Å². The highest BCUT2D eigenvalue weighted by molar-refractivity contribution is 9.09. The monoisotopic (exact) mass is 668 g/mol. The van der Waals surface area contributed by atoms with Crippen LogP contribution in [-0.4, -0.2) is 81.8 Å². The van der Waals surface area contributed by atoms with Gasteiger partial charge in [-0.05, 0) is 6.08 Å². The topological polar surface area (TPSA) is 134 Å². The number of amides is 1. The van der Waals surface area contributed by atoms with Gasteiger partial charge in [-0.1, -0.05) is 91.6 Å². The molecule has 0 aliphatic carbocycles. The van der Waals surface area contributed by atoms with Crippen molar-refractivity contribution in [3.8, 4) is 0 Å². The molecule has 0 aromatic rings. The van der Waals surface area contributed by atoms with E-state index in [0.717, 1.165) is 0 Å². The summed E-state index contributed by atoms with van der Waals surface area (Å²) in [5, 5.41) is 5.86. The van der Waals surface area contributed by atoms with Gasteiger partial charge in [0.05, 0.1) is 6.04 Å². The maximum Gasteiger partial charge on any atom is 0.414 e. The van der Waals surface area contributed by atoms with Gasteiger partial charge in [0.1, 0.15) is 19.3 Å². The first-order valence-electron chi connectivity index (χ1n) is 8.84. The number of halogens is 7. The number of nitrogens with one attached hydrogen (secondary N) is 3. The number of alkyl halides is 7. The van der Waals surface area contributed by atoms with Crippen LogP contribution in [0.4, 0.5) is 4.79 Å². The number of alkyl carbamates (subject to hydrolysis) is 1. The van der Waals surface area contributed by atoms with Crippen LogP contribution in [0, 0.1) is 0 Å². The molecule has 0 radical (unpaired) electrons. The molecule has 0 bridgehead atoms. The summed E-state index contributed by atoms with van der Waals surface area (Å²) in [4.78, 5) is 22.8. The van der Waals surface area contributed by atoms with Crippen LogP contribution in [0.25, 0.3) is 0 Å². The van der Waals surface area contributed by atoms with E-state index in [1.165, 1.54) is 0 Å². The summed E-state index contributed by atoms with van der Waals surface area (Å²) in [7, 11) is -4.37. The lowest BCUT2D eigenvalue weighted by atomic mass is 9.94. The number of guanidine groups is 2. The normalized spacial score (nSPS) is 26.7. The average molecular weight is 672 g/mol. The summed E-state index contributed by atoms with van der Waals surface area (Å²) in [6.07, 6.45) is 2.68. The summed E-state index contributed by atoms with van der Waals surface area (Å²) < 4.78 is 32.5. The van der Waals surface area contributed by atoms with Crippen LogP contribution in [0.15, 0.2) is 22.1 Å². The first-order chi connectivity index (χ1) is 15.1. The van der Waals surface area contributed by atoms with Crippen LogP contribution in [0.3, 0.4) is 0 Å². The lowest BCUT2D eigenvalue weighted by Crippen LogP contribution is -2.69. The summed E-state index contributed by atoms with van der Waals surface area (Å²) in [5.41, 5.74) is -1.04. The third-order valence-electron chi connectivity index (χ3n) is 4.39. The van der Waals surface area contributed by atoms with Crippen molar-refractivity contribution in [2.45, 2.75) is 25.3 Å². The summed E-state index contributed by atoms with van der Waals surface area (Å²) >= 11 is 36.8. The van der Waals surface area contributed by atoms with E-state index in [4.69, 9.17) is 74.3 Å².